The third-order valence-electron chi connectivity index (χ3n) is 1.91. The average molecular weight is 213 g/mol. The fourth-order valence-electron chi connectivity index (χ4n) is 1.21. The molecule has 1 aromatic rings. The third-order valence-corrected chi connectivity index (χ3v) is 2.24. The summed E-state index contributed by atoms with van der Waals surface area (Å²) in [6.45, 7) is 0. The highest BCUT2D eigenvalue weighted by atomic mass is 35.5. The van der Waals surface area contributed by atoms with Crippen LogP contribution in [-0.4, -0.2) is 19.0 Å². The molecule has 2 nitrogen and oxygen atoms in total. The molecule has 14 heavy (non-hydrogen) atoms. The molecule has 0 heterocycles. The zero-order valence-corrected chi connectivity index (χ0v) is 8.72. The van der Waals surface area contributed by atoms with Gasteiger partial charge in [0.2, 0.25) is 0 Å². The Bertz CT molecular complexity index is 351. The first kappa shape index (κ1) is 11.0. The normalized spacial score (nSPS) is 12.6. The van der Waals surface area contributed by atoms with Crippen LogP contribution in [0.5, 0.6) is 0 Å². The maximum atomic E-state index is 13.4. The van der Waals surface area contributed by atoms with E-state index < -0.39 is 11.9 Å². The maximum Gasteiger partial charge on any atom is 0.130 e. The molecule has 1 aromatic carbocycles. The molecular formula is C10H10ClFN2. The van der Waals surface area contributed by atoms with Crippen LogP contribution in [0.3, 0.4) is 0 Å². The summed E-state index contributed by atoms with van der Waals surface area (Å²) in [5.41, 5.74) is 0.238. The van der Waals surface area contributed by atoms with E-state index in [1.165, 1.54) is 12.1 Å². The molecule has 0 bridgehead atoms. The quantitative estimate of drug-likeness (QED) is 0.754. The summed E-state index contributed by atoms with van der Waals surface area (Å²) in [6.07, 6.45) is 0. The van der Waals surface area contributed by atoms with Crippen molar-refractivity contribution in [2.24, 2.45) is 0 Å². The van der Waals surface area contributed by atoms with E-state index in [0.717, 1.165) is 0 Å². The molecule has 0 N–H and O–H groups in total. The number of nitrogens with zero attached hydrogens (tertiary/aromatic N) is 2. The molecule has 0 saturated carbocycles. The van der Waals surface area contributed by atoms with Gasteiger partial charge in [-0.2, -0.15) is 5.26 Å². The molecule has 0 aliphatic heterocycles. The number of rotatable bonds is 2. The first-order valence-corrected chi connectivity index (χ1v) is 4.45. The van der Waals surface area contributed by atoms with E-state index in [2.05, 4.69) is 0 Å². The van der Waals surface area contributed by atoms with Crippen LogP contribution in [0.1, 0.15) is 11.6 Å². The smallest absolute Gasteiger partial charge is 0.130 e. The highest BCUT2D eigenvalue weighted by Gasteiger charge is 2.20. The largest absolute Gasteiger partial charge is 0.290 e. The van der Waals surface area contributed by atoms with Crippen molar-refractivity contribution in [3.8, 4) is 6.07 Å². The Morgan fingerprint density at radius 1 is 1.50 bits per heavy atom. The summed E-state index contributed by atoms with van der Waals surface area (Å²) >= 11 is 5.83. The van der Waals surface area contributed by atoms with E-state index in [1.54, 1.807) is 25.1 Å². The Morgan fingerprint density at radius 3 is 2.57 bits per heavy atom. The molecule has 0 aliphatic rings. The van der Waals surface area contributed by atoms with Gasteiger partial charge in [0, 0.05) is 10.6 Å². The van der Waals surface area contributed by atoms with Crippen molar-refractivity contribution >= 4 is 11.6 Å². The molecule has 0 aliphatic carbocycles. The molecule has 0 spiro atoms. The van der Waals surface area contributed by atoms with Crippen LogP contribution in [0, 0.1) is 17.1 Å². The second-order valence-corrected chi connectivity index (χ2v) is 3.54. The van der Waals surface area contributed by atoms with Crippen LogP contribution in [0.15, 0.2) is 18.2 Å². The molecule has 0 saturated heterocycles. The molecule has 74 valence electrons. The summed E-state index contributed by atoms with van der Waals surface area (Å²) in [5.74, 6) is -0.447. The van der Waals surface area contributed by atoms with E-state index in [-0.39, 0.29) is 10.6 Å². The van der Waals surface area contributed by atoms with Gasteiger partial charge in [0.05, 0.1) is 6.07 Å². The maximum absolute atomic E-state index is 13.4. The zero-order valence-electron chi connectivity index (χ0n) is 7.96. The van der Waals surface area contributed by atoms with Gasteiger partial charge < -0.3 is 0 Å². The zero-order chi connectivity index (χ0) is 10.7. The van der Waals surface area contributed by atoms with Crippen LogP contribution >= 0.6 is 11.6 Å². The minimum atomic E-state index is -0.649. The fraction of sp³-hybridized carbons (Fsp3) is 0.300. The predicted octanol–water partition coefficient (Wildman–Crippen LogP) is 2.61. The topological polar surface area (TPSA) is 27.0 Å². The lowest BCUT2D eigenvalue weighted by molar-refractivity contribution is 0.349. The van der Waals surface area contributed by atoms with Gasteiger partial charge in [-0.3, -0.25) is 4.90 Å². The summed E-state index contributed by atoms with van der Waals surface area (Å²) < 4.78 is 13.4. The van der Waals surface area contributed by atoms with E-state index in [9.17, 15) is 4.39 Å². The Morgan fingerprint density at radius 2 is 2.14 bits per heavy atom. The van der Waals surface area contributed by atoms with Crippen molar-refractivity contribution in [2.45, 2.75) is 6.04 Å². The van der Waals surface area contributed by atoms with E-state index >= 15 is 0 Å². The molecule has 4 heteroatoms. The third kappa shape index (κ3) is 2.03. The van der Waals surface area contributed by atoms with Gasteiger partial charge in [0.1, 0.15) is 11.9 Å². The van der Waals surface area contributed by atoms with Gasteiger partial charge >= 0.3 is 0 Å². The van der Waals surface area contributed by atoms with Gasteiger partial charge in [0.15, 0.2) is 0 Å². The number of hydrogen-bond donors (Lipinski definition) is 0. The Labute approximate surface area is 87.5 Å². The van der Waals surface area contributed by atoms with Gasteiger partial charge in [-0.1, -0.05) is 17.7 Å². The van der Waals surface area contributed by atoms with Crippen molar-refractivity contribution in [1.29, 1.82) is 5.26 Å². The van der Waals surface area contributed by atoms with E-state index in [0.29, 0.717) is 0 Å². The highest BCUT2D eigenvalue weighted by molar-refractivity contribution is 6.31. The monoisotopic (exact) mass is 212 g/mol. The second kappa shape index (κ2) is 4.41. The van der Waals surface area contributed by atoms with Crippen molar-refractivity contribution in [3.63, 3.8) is 0 Å². The van der Waals surface area contributed by atoms with Gasteiger partial charge in [-0.25, -0.2) is 4.39 Å². The molecule has 0 unspecified atom stereocenters. The van der Waals surface area contributed by atoms with Crippen LogP contribution in [0.2, 0.25) is 5.02 Å². The first-order valence-electron chi connectivity index (χ1n) is 4.08. The average Bonchev–Trinajstić information content (AvgIpc) is 2.10. The molecular weight excluding hydrogens is 203 g/mol. The Balaban J connectivity index is 3.24. The van der Waals surface area contributed by atoms with Crippen molar-refractivity contribution in [2.75, 3.05) is 14.1 Å². The van der Waals surface area contributed by atoms with Crippen molar-refractivity contribution < 1.29 is 4.39 Å². The molecule has 0 radical (unpaired) electrons. The number of nitriles is 1. The van der Waals surface area contributed by atoms with Gasteiger partial charge in [0.25, 0.3) is 0 Å². The summed E-state index contributed by atoms with van der Waals surface area (Å²) in [6, 6.07) is 5.75. The Kier molecular flexibility index (Phi) is 3.45. The molecule has 1 rings (SSSR count). The summed E-state index contributed by atoms with van der Waals surface area (Å²) in [4.78, 5) is 1.62. The lowest BCUT2D eigenvalue weighted by Gasteiger charge is -2.18. The van der Waals surface area contributed by atoms with Crippen LogP contribution in [-0.2, 0) is 0 Å². The van der Waals surface area contributed by atoms with Crippen molar-refractivity contribution in [3.05, 3.63) is 34.6 Å². The van der Waals surface area contributed by atoms with Crippen molar-refractivity contribution in [1.82, 2.24) is 4.90 Å². The number of halogens is 2. The molecule has 0 aromatic heterocycles. The summed E-state index contributed by atoms with van der Waals surface area (Å²) in [7, 11) is 3.41. The lowest BCUT2D eigenvalue weighted by Crippen LogP contribution is -2.19. The number of benzene rings is 1. The summed E-state index contributed by atoms with van der Waals surface area (Å²) in [5, 5.41) is 9.16. The predicted molar refractivity (Wildman–Crippen MR) is 53.5 cm³/mol. The van der Waals surface area contributed by atoms with Crippen LogP contribution in [0.4, 0.5) is 4.39 Å². The standard InChI is InChI=1S/C10H10ClFN2/c1-14(2)9(6-13)10-7(11)4-3-5-8(10)12/h3-5,9H,1-2H3/t9-/m1/s1. The van der Waals surface area contributed by atoms with Gasteiger partial charge in [-0.05, 0) is 26.2 Å². The minimum Gasteiger partial charge on any atom is -0.290 e. The second-order valence-electron chi connectivity index (χ2n) is 3.13. The van der Waals surface area contributed by atoms with E-state index in [4.69, 9.17) is 16.9 Å². The highest BCUT2D eigenvalue weighted by Crippen LogP contribution is 2.27. The molecule has 0 fully saturated rings. The van der Waals surface area contributed by atoms with E-state index in [1.807, 2.05) is 6.07 Å². The number of hydrogen-bond acceptors (Lipinski definition) is 2. The SMILES string of the molecule is CN(C)[C@H](C#N)c1c(F)cccc1Cl. The van der Waals surface area contributed by atoms with Crippen LogP contribution < -0.4 is 0 Å². The first-order chi connectivity index (χ1) is 6.57. The van der Waals surface area contributed by atoms with Crippen LogP contribution in [0.25, 0.3) is 0 Å². The Hall–Kier alpha value is -1.11. The fourth-order valence-corrected chi connectivity index (χ4v) is 1.48. The molecule has 1 atom stereocenters. The molecule has 0 amide bonds. The lowest BCUT2D eigenvalue weighted by atomic mass is 10.1. The van der Waals surface area contributed by atoms with Gasteiger partial charge in [-0.15, -0.1) is 0 Å². The minimum absolute atomic E-state index is 0.238.